The lowest BCUT2D eigenvalue weighted by atomic mass is 9.99. The van der Waals surface area contributed by atoms with Crippen molar-refractivity contribution in [2.45, 2.75) is 44.5 Å². The van der Waals surface area contributed by atoms with Crippen LogP contribution in [-0.4, -0.2) is 71.5 Å². The van der Waals surface area contributed by atoms with E-state index in [1.807, 2.05) is 0 Å². The van der Waals surface area contributed by atoms with Gasteiger partial charge in [-0.3, -0.25) is 4.90 Å². The van der Waals surface area contributed by atoms with Crippen molar-refractivity contribution in [3.8, 4) is 0 Å². The van der Waals surface area contributed by atoms with E-state index < -0.39 is 18.1 Å². The molecule has 0 spiro atoms. The Morgan fingerprint density at radius 2 is 1.88 bits per heavy atom. The average molecular weight is 374 g/mol. The van der Waals surface area contributed by atoms with Crippen LogP contribution in [0.4, 0.5) is 19.0 Å². The standard InChI is InChI=1S/C17H25F3N4O2/c1-11(2)12-9-15(22-16(21-12)17(18,19)20)24-4-3-13(14(25)10-24)23-5-7-26-8-6-23/h9,11,13-14,25H,3-8,10H2,1-2H3/t13-,14-/m0/s1. The molecule has 6 nitrogen and oxygen atoms in total. The normalized spacial score (nSPS) is 25.7. The lowest BCUT2D eigenvalue weighted by Crippen LogP contribution is -2.56. The molecule has 1 aromatic rings. The van der Waals surface area contributed by atoms with Gasteiger partial charge in [0.15, 0.2) is 0 Å². The zero-order chi connectivity index (χ0) is 18.9. The third-order valence-corrected chi connectivity index (χ3v) is 4.96. The van der Waals surface area contributed by atoms with Crippen molar-refractivity contribution in [1.29, 1.82) is 0 Å². The Labute approximate surface area is 151 Å². The van der Waals surface area contributed by atoms with Crippen LogP contribution in [0.25, 0.3) is 0 Å². The van der Waals surface area contributed by atoms with Crippen LogP contribution in [0.1, 0.15) is 37.7 Å². The number of alkyl halides is 3. The summed E-state index contributed by atoms with van der Waals surface area (Å²) in [4.78, 5) is 11.3. The summed E-state index contributed by atoms with van der Waals surface area (Å²) in [5.74, 6) is -1.03. The Morgan fingerprint density at radius 1 is 1.19 bits per heavy atom. The number of aliphatic hydroxyl groups is 1. The van der Waals surface area contributed by atoms with E-state index in [-0.39, 0.29) is 24.3 Å². The monoisotopic (exact) mass is 374 g/mol. The summed E-state index contributed by atoms with van der Waals surface area (Å²) >= 11 is 0. The van der Waals surface area contributed by atoms with E-state index in [0.29, 0.717) is 31.9 Å². The molecule has 2 aliphatic rings. The molecule has 1 aromatic heterocycles. The molecule has 9 heteroatoms. The van der Waals surface area contributed by atoms with E-state index in [1.54, 1.807) is 24.8 Å². The Balaban J connectivity index is 1.78. The van der Waals surface area contributed by atoms with Crippen molar-refractivity contribution in [3.63, 3.8) is 0 Å². The van der Waals surface area contributed by atoms with Crippen molar-refractivity contribution in [1.82, 2.24) is 14.9 Å². The first-order chi connectivity index (χ1) is 12.3. The SMILES string of the molecule is CC(C)c1cc(N2CC[C@H](N3CCOCC3)[C@@H](O)C2)nc(C(F)(F)F)n1. The van der Waals surface area contributed by atoms with Gasteiger partial charge in [0.1, 0.15) is 5.82 Å². The first kappa shape index (κ1) is 19.3. The summed E-state index contributed by atoms with van der Waals surface area (Å²) in [5.41, 5.74) is 0.354. The molecular formula is C17H25F3N4O2. The third kappa shape index (κ3) is 4.27. The van der Waals surface area contributed by atoms with Gasteiger partial charge in [0.2, 0.25) is 5.82 Å². The Bertz CT molecular complexity index is 621. The molecule has 146 valence electrons. The number of morpholine rings is 1. The number of halogens is 3. The first-order valence-corrected chi connectivity index (χ1v) is 8.96. The Morgan fingerprint density at radius 3 is 2.46 bits per heavy atom. The van der Waals surface area contributed by atoms with Crippen LogP contribution in [0.2, 0.25) is 0 Å². The van der Waals surface area contributed by atoms with Crippen molar-refractivity contribution in [3.05, 3.63) is 17.6 Å². The highest BCUT2D eigenvalue weighted by molar-refractivity contribution is 5.42. The quantitative estimate of drug-likeness (QED) is 0.872. The smallest absolute Gasteiger partial charge is 0.390 e. The van der Waals surface area contributed by atoms with Crippen LogP contribution >= 0.6 is 0 Å². The van der Waals surface area contributed by atoms with Crippen LogP contribution in [0.3, 0.4) is 0 Å². The summed E-state index contributed by atoms with van der Waals surface area (Å²) in [6.07, 6.45) is -4.57. The number of ether oxygens (including phenoxy) is 1. The number of nitrogens with zero attached hydrogens (tertiary/aromatic N) is 4. The zero-order valence-electron chi connectivity index (χ0n) is 15.0. The molecular weight excluding hydrogens is 349 g/mol. The van der Waals surface area contributed by atoms with Crippen LogP contribution in [0.5, 0.6) is 0 Å². The summed E-state index contributed by atoms with van der Waals surface area (Å²) in [6, 6.07) is 1.60. The van der Waals surface area contributed by atoms with Crippen LogP contribution in [0, 0.1) is 0 Å². The van der Waals surface area contributed by atoms with Gasteiger partial charge in [0, 0.05) is 44.0 Å². The van der Waals surface area contributed by atoms with Crippen LogP contribution in [0.15, 0.2) is 6.07 Å². The molecule has 2 atom stereocenters. The molecule has 0 aliphatic carbocycles. The number of aliphatic hydroxyl groups excluding tert-OH is 1. The molecule has 3 heterocycles. The van der Waals surface area contributed by atoms with Crippen molar-refractivity contribution >= 4 is 5.82 Å². The van der Waals surface area contributed by atoms with E-state index in [0.717, 1.165) is 13.1 Å². The van der Waals surface area contributed by atoms with Crippen LogP contribution < -0.4 is 4.90 Å². The second kappa shape index (κ2) is 7.66. The molecule has 0 aromatic carbocycles. The molecule has 0 bridgehead atoms. The Hall–Kier alpha value is -1.45. The number of β-amino-alcohol motifs (C(OH)–C–C–N with tert-alkyl or cyclic N) is 1. The van der Waals surface area contributed by atoms with E-state index in [2.05, 4.69) is 14.9 Å². The topological polar surface area (TPSA) is 61.7 Å². The highest BCUT2D eigenvalue weighted by Gasteiger charge is 2.37. The fourth-order valence-corrected chi connectivity index (χ4v) is 3.50. The lowest BCUT2D eigenvalue weighted by Gasteiger charge is -2.43. The van der Waals surface area contributed by atoms with E-state index in [1.165, 1.54) is 0 Å². The number of anilines is 1. The second-order valence-corrected chi connectivity index (χ2v) is 7.14. The predicted octanol–water partition coefficient (Wildman–Crippen LogP) is 1.89. The highest BCUT2D eigenvalue weighted by atomic mass is 19.4. The van der Waals surface area contributed by atoms with Crippen molar-refractivity contribution in [2.24, 2.45) is 0 Å². The third-order valence-electron chi connectivity index (χ3n) is 4.96. The number of rotatable bonds is 3. The van der Waals surface area contributed by atoms with Gasteiger partial charge in [-0.25, -0.2) is 9.97 Å². The summed E-state index contributed by atoms with van der Waals surface area (Å²) in [6.45, 7) is 7.23. The van der Waals surface area contributed by atoms with E-state index in [9.17, 15) is 18.3 Å². The maximum Gasteiger partial charge on any atom is 0.451 e. The second-order valence-electron chi connectivity index (χ2n) is 7.14. The average Bonchev–Trinajstić information content (AvgIpc) is 2.61. The van der Waals surface area contributed by atoms with Gasteiger partial charge in [-0.1, -0.05) is 13.8 Å². The number of hydrogen-bond acceptors (Lipinski definition) is 6. The summed E-state index contributed by atoms with van der Waals surface area (Å²) in [5, 5.41) is 10.6. The maximum atomic E-state index is 13.1. The molecule has 26 heavy (non-hydrogen) atoms. The van der Waals surface area contributed by atoms with Gasteiger partial charge in [-0.2, -0.15) is 13.2 Å². The number of hydrogen-bond donors (Lipinski definition) is 1. The molecule has 0 saturated carbocycles. The number of aromatic nitrogens is 2. The van der Waals surface area contributed by atoms with Gasteiger partial charge < -0.3 is 14.7 Å². The Kier molecular flexibility index (Phi) is 5.69. The molecule has 0 unspecified atom stereocenters. The molecule has 2 saturated heterocycles. The molecule has 0 radical (unpaired) electrons. The highest BCUT2D eigenvalue weighted by Crippen LogP contribution is 2.31. The van der Waals surface area contributed by atoms with Gasteiger partial charge in [0.05, 0.1) is 19.3 Å². The minimum absolute atomic E-state index is 0.00337. The largest absolute Gasteiger partial charge is 0.451 e. The van der Waals surface area contributed by atoms with Crippen molar-refractivity contribution < 1.29 is 23.0 Å². The minimum atomic E-state index is -4.59. The lowest BCUT2D eigenvalue weighted by molar-refractivity contribution is -0.145. The van der Waals surface area contributed by atoms with Crippen LogP contribution in [-0.2, 0) is 10.9 Å². The molecule has 1 N–H and O–H groups in total. The van der Waals surface area contributed by atoms with Gasteiger partial charge in [-0.05, 0) is 12.3 Å². The fraction of sp³-hybridized carbons (Fsp3) is 0.765. The molecule has 2 fully saturated rings. The first-order valence-electron chi connectivity index (χ1n) is 8.96. The van der Waals surface area contributed by atoms with E-state index in [4.69, 9.17) is 4.74 Å². The van der Waals surface area contributed by atoms with Gasteiger partial charge in [-0.15, -0.1) is 0 Å². The summed E-state index contributed by atoms with van der Waals surface area (Å²) < 4.78 is 44.8. The van der Waals surface area contributed by atoms with Gasteiger partial charge >= 0.3 is 6.18 Å². The van der Waals surface area contributed by atoms with E-state index >= 15 is 0 Å². The summed E-state index contributed by atoms with van der Waals surface area (Å²) in [7, 11) is 0. The molecule has 2 aliphatic heterocycles. The van der Waals surface area contributed by atoms with Crippen molar-refractivity contribution in [2.75, 3.05) is 44.3 Å². The minimum Gasteiger partial charge on any atom is -0.390 e. The van der Waals surface area contributed by atoms with Gasteiger partial charge in [0.25, 0.3) is 0 Å². The fourth-order valence-electron chi connectivity index (χ4n) is 3.50. The molecule has 3 rings (SSSR count). The number of piperidine rings is 1. The zero-order valence-corrected chi connectivity index (χ0v) is 15.0. The molecule has 0 amide bonds. The predicted molar refractivity (Wildman–Crippen MR) is 90.1 cm³/mol. The maximum absolute atomic E-state index is 13.1.